The molecule has 2 aromatic carbocycles. The van der Waals surface area contributed by atoms with Crippen LogP contribution in [0, 0.1) is 13.8 Å². The van der Waals surface area contributed by atoms with Crippen LogP contribution < -0.4 is 15.0 Å². The molecule has 0 aliphatic heterocycles. The average molecular weight is 326 g/mol. The molecule has 0 radical (unpaired) electrons. The topological polar surface area (TPSA) is 58.6 Å². The fraction of sp³-hybridized carbons (Fsp3) is 0.263. The lowest BCUT2D eigenvalue weighted by atomic mass is 10.1. The third-order valence-corrected chi connectivity index (χ3v) is 3.55. The van der Waals surface area contributed by atoms with E-state index in [9.17, 15) is 9.59 Å². The highest BCUT2D eigenvalue weighted by atomic mass is 16.5. The molecule has 2 rings (SSSR count). The number of hydrogen-bond acceptors (Lipinski definition) is 3. The van der Waals surface area contributed by atoms with E-state index in [1.54, 1.807) is 31.4 Å². The van der Waals surface area contributed by atoms with Crippen molar-refractivity contribution in [2.45, 2.75) is 20.8 Å². The number of anilines is 2. The van der Waals surface area contributed by atoms with Crippen LogP contribution in [0.4, 0.5) is 11.4 Å². The van der Waals surface area contributed by atoms with Gasteiger partial charge in [0.1, 0.15) is 12.3 Å². The van der Waals surface area contributed by atoms with E-state index in [4.69, 9.17) is 4.74 Å². The Morgan fingerprint density at radius 3 is 2.33 bits per heavy atom. The van der Waals surface area contributed by atoms with E-state index in [-0.39, 0.29) is 18.4 Å². The molecule has 2 amide bonds. The van der Waals surface area contributed by atoms with Crippen LogP contribution in [0.1, 0.15) is 18.1 Å². The van der Waals surface area contributed by atoms with Crippen molar-refractivity contribution in [2.24, 2.45) is 0 Å². The zero-order chi connectivity index (χ0) is 17.7. The second kappa shape index (κ2) is 7.64. The van der Waals surface area contributed by atoms with Gasteiger partial charge in [-0.25, -0.2) is 0 Å². The van der Waals surface area contributed by atoms with E-state index in [1.807, 2.05) is 32.0 Å². The Morgan fingerprint density at radius 2 is 1.75 bits per heavy atom. The molecule has 126 valence electrons. The van der Waals surface area contributed by atoms with Gasteiger partial charge in [-0.05, 0) is 49.2 Å². The second-order valence-electron chi connectivity index (χ2n) is 5.73. The minimum atomic E-state index is -0.266. The van der Waals surface area contributed by atoms with Crippen molar-refractivity contribution < 1.29 is 14.3 Å². The van der Waals surface area contributed by atoms with Crippen LogP contribution >= 0.6 is 0 Å². The monoisotopic (exact) mass is 326 g/mol. The molecule has 0 aliphatic rings. The second-order valence-corrected chi connectivity index (χ2v) is 5.73. The van der Waals surface area contributed by atoms with Crippen LogP contribution in [0.3, 0.4) is 0 Å². The first kappa shape index (κ1) is 17.5. The zero-order valence-corrected chi connectivity index (χ0v) is 14.4. The van der Waals surface area contributed by atoms with Crippen LogP contribution in [0.25, 0.3) is 0 Å². The van der Waals surface area contributed by atoms with Crippen molar-refractivity contribution in [3.63, 3.8) is 0 Å². The van der Waals surface area contributed by atoms with Gasteiger partial charge in [0.05, 0.1) is 7.11 Å². The predicted octanol–water partition coefficient (Wildman–Crippen LogP) is 3.30. The maximum atomic E-state index is 12.3. The molecule has 0 saturated carbocycles. The molecular weight excluding hydrogens is 304 g/mol. The highest BCUT2D eigenvalue weighted by Crippen LogP contribution is 2.20. The number of nitrogens with zero attached hydrogens (tertiary/aromatic N) is 1. The van der Waals surface area contributed by atoms with E-state index in [0.717, 1.165) is 16.8 Å². The lowest BCUT2D eigenvalue weighted by Gasteiger charge is -2.22. The Kier molecular flexibility index (Phi) is 5.58. The van der Waals surface area contributed by atoms with Crippen molar-refractivity contribution >= 4 is 23.2 Å². The largest absolute Gasteiger partial charge is 0.497 e. The number of rotatable bonds is 5. The van der Waals surface area contributed by atoms with Gasteiger partial charge in [0, 0.05) is 24.4 Å². The Labute approximate surface area is 142 Å². The molecule has 0 spiro atoms. The van der Waals surface area contributed by atoms with Crippen LogP contribution in [-0.2, 0) is 9.59 Å². The number of hydrogen-bond donors (Lipinski definition) is 1. The predicted molar refractivity (Wildman–Crippen MR) is 95.6 cm³/mol. The van der Waals surface area contributed by atoms with E-state index in [1.165, 1.54) is 11.8 Å². The summed E-state index contributed by atoms with van der Waals surface area (Å²) >= 11 is 0. The van der Waals surface area contributed by atoms with E-state index in [2.05, 4.69) is 5.32 Å². The number of nitrogens with one attached hydrogen (secondary N) is 1. The Balaban J connectivity index is 2.15. The summed E-state index contributed by atoms with van der Waals surface area (Å²) in [5, 5.41) is 2.79. The molecule has 0 heterocycles. The van der Waals surface area contributed by atoms with Gasteiger partial charge in [-0.3, -0.25) is 9.59 Å². The highest BCUT2D eigenvalue weighted by molar-refractivity contribution is 6.01. The van der Waals surface area contributed by atoms with Gasteiger partial charge in [-0.2, -0.15) is 0 Å². The molecule has 0 fully saturated rings. The quantitative estimate of drug-likeness (QED) is 0.917. The van der Waals surface area contributed by atoms with Gasteiger partial charge in [0.15, 0.2) is 0 Å². The zero-order valence-electron chi connectivity index (χ0n) is 14.4. The fourth-order valence-electron chi connectivity index (χ4n) is 2.54. The first-order valence-electron chi connectivity index (χ1n) is 7.69. The fourth-order valence-corrected chi connectivity index (χ4v) is 2.54. The van der Waals surface area contributed by atoms with Crippen molar-refractivity contribution in [3.8, 4) is 5.75 Å². The average Bonchev–Trinajstić information content (AvgIpc) is 2.51. The molecule has 0 bridgehead atoms. The number of amides is 2. The molecule has 0 atom stereocenters. The van der Waals surface area contributed by atoms with Crippen LogP contribution in [0.2, 0.25) is 0 Å². The summed E-state index contributed by atoms with van der Waals surface area (Å²) in [4.78, 5) is 25.8. The van der Waals surface area contributed by atoms with Gasteiger partial charge >= 0.3 is 0 Å². The summed E-state index contributed by atoms with van der Waals surface area (Å²) in [6, 6.07) is 12.9. The summed E-state index contributed by atoms with van der Waals surface area (Å²) in [6.45, 7) is 5.34. The normalized spacial score (nSPS) is 10.2. The summed E-state index contributed by atoms with van der Waals surface area (Å²) < 4.78 is 5.14. The van der Waals surface area contributed by atoms with Crippen LogP contribution in [0.15, 0.2) is 42.5 Å². The molecule has 24 heavy (non-hydrogen) atoms. The summed E-state index contributed by atoms with van der Waals surface area (Å²) in [5.41, 5.74) is 3.44. The Bertz CT molecular complexity index is 736. The molecule has 0 unspecified atom stereocenters. The van der Waals surface area contributed by atoms with Gasteiger partial charge in [0.2, 0.25) is 11.8 Å². The minimum Gasteiger partial charge on any atom is -0.497 e. The van der Waals surface area contributed by atoms with E-state index >= 15 is 0 Å². The van der Waals surface area contributed by atoms with Gasteiger partial charge < -0.3 is 15.0 Å². The first-order chi connectivity index (χ1) is 11.4. The van der Waals surface area contributed by atoms with Crippen molar-refractivity contribution in [3.05, 3.63) is 53.6 Å². The van der Waals surface area contributed by atoms with Crippen molar-refractivity contribution in [2.75, 3.05) is 23.9 Å². The number of carbonyl (C=O) groups excluding carboxylic acids is 2. The van der Waals surface area contributed by atoms with Crippen LogP contribution in [0.5, 0.6) is 5.75 Å². The molecule has 0 aliphatic carbocycles. The Morgan fingerprint density at radius 1 is 1.08 bits per heavy atom. The summed E-state index contributed by atoms with van der Waals surface area (Å²) in [7, 11) is 1.57. The van der Waals surface area contributed by atoms with Crippen molar-refractivity contribution in [1.29, 1.82) is 0 Å². The number of aryl methyl sites for hydroxylation is 2. The molecule has 0 saturated heterocycles. The SMILES string of the molecule is COc1cccc(NC(=O)CN(C(C)=O)c2cc(C)cc(C)c2)c1. The smallest absolute Gasteiger partial charge is 0.244 e. The van der Waals surface area contributed by atoms with E-state index in [0.29, 0.717) is 11.4 Å². The van der Waals surface area contributed by atoms with Gasteiger partial charge in [0.25, 0.3) is 0 Å². The minimum absolute atomic E-state index is 0.0462. The van der Waals surface area contributed by atoms with Gasteiger partial charge in [-0.15, -0.1) is 0 Å². The molecule has 5 heteroatoms. The third-order valence-electron chi connectivity index (χ3n) is 3.55. The molecule has 5 nitrogen and oxygen atoms in total. The number of carbonyl (C=O) groups is 2. The summed E-state index contributed by atoms with van der Waals surface area (Å²) in [6.07, 6.45) is 0. The molecule has 2 aromatic rings. The summed E-state index contributed by atoms with van der Waals surface area (Å²) in [5.74, 6) is 0.212. The number of ether oxygens (including phenoxy) is 1. The van der Waals surface area contributed by atoms with Crippen LogP contribution in [-0.4, -0.2) is 25.5 Å². The van der Waals surface area contributed by atoms with E-state index < -0.39 is 0 Å². The van der Waals surface area contributed by atoms with Crippen molar-refractivity contribution in [1.82, 2.24) is 0 Å². The highest BCUT2D eigenvalue weighted by Gasteiger charge is 2.16. The van der Waals surface area contributed by atoms with Gasteiger partial charge in [-0.1, -0.05) is 12.1 Å². The molecule has 1 N–H and O–H groups in total. The number of benzene rings is 2. The molecular formula is C19H22N2O3. The number of methoxy groups -OCH3 is 1. The first-order valence-corrected chi connectivity index (χ1v) is 7.69. The third kappa shape index (κ3) is 4.59. The maximum Gasteiger partial charge on any atom is 0.244 e. The maximum absolute atomic E-state index is 12.3. The lowest BCUT2D eigenvalue weighted by molar-refractivity contribution is -0.120. The molecule has 0 aromatic heterocycles. The standard InChI is InChI=1S/C19H22N2O3/c1-13-8-14(2)10-17(9-13)21(15(3)22)12-19(23)20-16-6-5-7-18(11-16)24-4/h5-11H,12H2,1-4H3,(H,20,23). The Hall–Kier alpha value is -2.82. The lowest BCUT2D eigenvalue weighted by Crippen LogP contribution is -2.36.